The van der Waals surface area contributed by atoms with Crippen LogP contribution in [-0.4, -0.2) is 38.9 Å². The molecule has 0 amide bonds. The highest BCUT2D eigenvalue weighted by Gasteiger charge is 2.13. The molecule has 1 aromatic rings. The molecule has 4 nitrogen and oxygen atoms in total. The molecule has 0 saturated carbocycles. The van der Waals surface area contributed by atoms with Crippen LogP contribution in [0.15, 0.2) is 6.33 Å². The van der Waals surface area contributed by atoms with Crippen LogP contribution in [0.5, 0.6) is 0 Å². The molecule has 0 aliphatic carbocycles. The van der Waals surface area contributed by atoms with Gasteiger partial charge in [-0.15, -0.1) is 0 Å². The minimum absolute atomic E-state index is 0.500. The summed E-state index contributed by atoms with van der Waals surface area (Å²) in [4.78, 5) is 4.43. The van der Waals surface area contributed by atoms with Crippen molar-refractivity contribution in [3.63, 3.8) is 0 Å². The van der Waals surface area contributed by atoms with E-state index >= 15 is 0 Å². The molecule has 0 aromatic carbocycles. The molecular weight excluding hydrogens is 256 g/mol. The van der Waals surface area contributed by atoms with Crippen molar-refractivity contribution in [2.45, 2.75) is 53.1 Å². The second-order valence-corrected chi connectivity index (χ2v) is 6.59. The third kappa shape index (κ3) is 6.43. The predicted octanol–water partition coefficient (Wildman–Crippen LogP) is 2.60. The second kappa shape index (κ2) is 9.37. The second-order valence-electron chi connectivity index (χ2n) is 5.27. The molecule has 5 heteroatoms. The minimum Gasteiger partial charge on any atom is -0.313 e. The van der Waals surface area contributed by atoms with Gasteiger partial charge in [-0.2, -0.15) is 16.9 Å². The molecule has 1 atom stereocenters. The number of thioether (sulfide) groups is 1. The van der Waals surface area contributed by atoms with Crippen LogP contribution in [0.1, 0.15) is 39.9 Å². The normalized spacial score (nSPS) is 13.1. The lowest BCUT2D eigenvalue weighted by atomic mass is 10.2. The van der Waals surface area contributed by atoms with E-state index in [1.54, 1.807) is 6.33 Å². The number of hydrogen-bond acceptors (Lipinski definition) is 4. The van der Waals surface area contributed by atoms with E-state index in [2.05, 4.69) is 47.8 Å². The molecule has 0 aliphatic rings. The van der Waals surface area contributed by atoms with Gasteiger partial charge in [0.1, 0.15) is 12.2 Å². The summed E-state index contributed by atoms with van der Waals surface area (Å²) in [6.45, 7) is 10.9. The highest BCUT2D eigenvalue weighted by Crippen LogP contribution is 2.09. The molecule has 1 rings (SSSR count). The van der Waals surface area contributed by atoms with Crippen LogP contribution in [0.3, 0.4) is 0 Å². The molecule has 0 aliphatic heterocycles. The quantitative estimate of drug-likeness (QED) is 0.717. The van der Waals surface area contributed by atoms with Crippen LogP contribution in [0.4, 0.5) is 0 Å². The van der Waals surface area contributed by atoms with Crippen molar-refractivity contribution in [2.24, 2.45) is 5.92 Å². The molecule has 0 radical (unpaired) electrons. The number of rotatable bonds is 10. The standard InChI is InChI=1S/C14H28N4S/c1-5-7-15-13(10-19-6-2)8-14-16-11-17-18(14)9-12(3)4/h11-13,15H,5-10H2,1-4H3. The fourth-order valence-corrected chi connectivity index (χ4v) is 2.72. The zero-order valence-electron chi connectivity index (χ0n) is 12.7. The van der Waals surface area contributed by atoms with E-state index in [1.807, 2.05) is 11.8 Å². The first-order chi connectivity index (χ1) is 9.17. The summed E-state index contributed by atoms with van der Waals surface area (Å²) in [7, 11) is 0. The van der Waals surface area contributed by atoms with Crippen LogP contribution in [0.25, 0.3) is 0 Å². The van der Waals surface area contributed by atoms with Crippen molar-refractivity contribution in [3.05, 3.63) is 12.2 Å². The molecule has 0 fully saturated rings. The Morgan fingerprint density at radius 2 is 2.16 bits per heavy atom. The first-order valence-corrected chi connectivity index (χ1v) is 8.50. The zero-order chi connectivity index (χ0) is 14.1. The van der Waals surface area contributed by atoms with Gasteiger partial charge >= 0.3 is 0 Å². The molecule has 0 saturated heterocycles. The molecule has 1 heterocycles. The number of nitrogens with one attached hydrogen (secondary N) is 1. The number of hydrogen-bond donors (Lipinski definition) is 1. The average Bonchev–Trinajstić information content (AvgIpc) is 2.79. The largest absolute Gasteiger partial charge is 0.313 e. The number of nitrogens with zero attached hydrogens (tertiary/aromatic N) is 3. The van der Waals surface area contributed by atoms with E-state index in [-0.39, 0.29) is 0 Å². The van der Waals surface area contributed by atoms with Gasteiger partial charge in [0.05, 0.1) is 0 Å². The van der Waals surface area contributed by atoms with Crippen LogP contribution < -0.4 is 5.32 Å². The summed E-state index contributed by atoms with van der Waals surface area (Å²) in [6.07, 6.45) is 3.83. The third-order valence-electron chi connectivity index (χ3n) is 2.87. The summed E-state index contributed by atoms with van der Waals surface area (Å²) >= 11 is 1.99. The van der Waals surface area contributed by atoms with Gasteiger partial charge in [-0.1, -0.05) is 27.7 Å². The highest BCUT2D eigenvalue weighted by atomic mass is 32.2. The van der Waals surface area contributed by atoms with Crippen LogP contribution in [-0.2, 0) is 13.0 Å². The minimum atomic E-state index is 0.500. The smallest absolute Gasteiger partial charge is 0.138 e. The van der Waals surface area contributed by atoms with E-state index in [0.29, 0.717) is 12.0 Å². The Morgan fingerprint density at radius 1 is 1.37 bits per heavy atom. The SMILES string of the molecule is CCCNC(CSCC)Cc1ncnn1CC(C)C. The van der Waals surface area contributed by atoms with Crippen LogP contribution in [0.2, 0.25) is 0 Å². The molecule has 0 bridgehead atoms. The summed E-state index contributed by atoms with van der Waals surface area (Å²) < 4.78 is 2.06. The maximum absolute atomic E-state index is 4.43. The van der Waals surface area contributed by atoms with Crippen LogP contribution >= 0.6 is 11.8 Å². The molecular formula is C14H28N4S. The van der Waals surface area contributed by atoms with E-state index in [1.165, 1.54) is 12.2 Å². The lowest BCUT2D eigenvalue weighted by Gasteiger charge is -2.18. The van der Waals surface area contributed by atoms with Gasteiger partial charge in [-0.25, -0.2) is 9.67 Å². The van der Waals surface area contributed by atoms with Crippen molar-refractivity contribution in [2.75, 3.05) is 18.1 Å². The maximum atomic E-state index is 4.43. The van der Waals surface area contributed by atoms with E-state index in [4.69, 9.17) is 0 Å². The lowest BCUT2D eigenvalue weighted by Crippen LogP contribution is -2.35. The monoisotopic (exact) mass is 284 g/mol. The summed E-state index contributed by atoms with van der Waals surface area (Å²) in [6, 6.07) is 0.500. The van der Waals surface area contributed by atoms with Gasteiger partial charge in [0.25, 0.3) is 0 Å². The Bertz CT molecular complexity index is 330. The Labute approximate surface area is 121 Å². The molecule has 1 N–H and O–H groups in total. The summed E-state index contributed by atoms with van der Waals surface area (Å²) in [5.41, 5.74) is 0. The van der Waals surface area contributed by atoms with Gasteiger partial charge in [-0.3, -0.25) is 0 Å². The highest BCUT2D eigenvalue weighted by molar-refractivity contribution is 7.99. The first-order valence-electron chi connectivity index (χ1n) is 7.35. The van der Waals surface area contributed by atoms with Crippen molar-refractivity contribution < 1.29 is 0 Å². The Kier molecular flexibility index (Phi) is 8.14. The van der Waals surface area contributed by atoms with Gasteiger partial charge in [0.15, 0.2) is 0 Å². The van der Waals surface area contributed by atoms with Crippen molar-refractivity contribution >= 4 is 11.8 Å². The predicted molar refractivity (Wildman–Crippen MR) is 83.6 cm³/mol. The van der Waals surface area contributed by atoms with Crippen molar-refractivity contribution in [1.29, 1.82) is 0 Å². The van der Waals surface area contributed by atoms with Gasteiger partial charge in [-0.05, 0) is 24.6 Å². The van der Waals surface area contributed by atoms with E-state index < -0.39 is 0 Å². The first kappa shape index (κ1) is 16.5. The fraction of sp³-hybridized carbons (Fsp3) is 0.857. The lowest BCUT2D eigenvalue weighted by molar-refractivity contribution is 0.449. The number of aromatic nitrogens is 3. The topological polar surface area (TPSA) is 42.7 Å². The van der Waals surface area contributed by atoms with Crippen LogP contribution in [0, 0.1) is 5.92 Å². The van der Waals surface area contributed by atoms with Gasteiger partial charge < -0.3 is 5.32 Å². The Hall–Kier alpha value is -0.550. The average molecular weight is 284 g/mol. The summed E-state index contributed by atoms with van der Waals surface area (Å²) in [5.74, 6) is 4.03. The molecule has 0 spiro atoms. The molecule has 1 unspecified atom stereocenters. The maximum Gasteiger partial charge on any atom is 0.138 e. The van der Waals surface area contributed by atoms with Crippen molar-refractivity contribution in [1.82, 2.24) is 20.1 Å². The molecule has 110 valence electrons. The molecule has 19 heavy (non-hydrogen) atoms. The van der Waals surface area contributed by atoms with Gasteiger partial charge in [0.2, 0.25) is 0 Å². The van der Waals surface area contributed by atoms with Gasteiger partial charge in [0, 0.05) is 24.8 Å². The van der Waals surface area contributed by atoms with E-state index in [9.17, 15) is 0 Å². The fourth-order valence-electron chi connectivity index (χ4n) is 1.96. The van der Waals surface area contributed by atoms with Crippen molar-refractivity contribution in [3.8, 4) is 0 Å². The summed E-state index contributed by atoms with van der Waals surface area (Å²) in [5, 5.41) is 7.96. The van der Waals surface area contributed by atoms with E-state index in [0.717, 1.165) is 31.1 Å². The zero-order valence-corrected chi connectivity index (χ0v) is 13.5. The molecule has 1 aromatic heterocycles. The Balaban J connectivity index is 2.58. The third-order valence-corrected chi connectivity index (χ3v) is 3.92. The Morgan fingerprint density at radius 3 is 2.79 bits per heavy atom.